The lowest BCUT2D eigenvalue weighted by atomic mass is 10.1. The van der Waals surface area contributed by atoms with Gasteiger partial charge in [-0.15, -0.1) is 0 Å². The number of hydrogen-bond acceptors (Lipinski definition) is 8. The van der Waals surface area contributed by atoms with Crippen LogP contribution in [0.15, 0.2) is 84.9 Å². The summed E-state index contributed by atoms with van der Waals surface area (Å²) in [7, 11) is 0. The van der Waals surface area contributed by atoms with Crippen LogP contribution in [0, 0.1) is 20.2 Å². The number of nitrogens with zero attached hydrogens (tertiary/aromatic N) is 2. The van der Waals surface area contributed by atoms with Gasteiger partial charge < -0.3 is 9.47 Å². The van der Waals surface area contributed by atoms with E-state index in [2.05, 4.69) is 0 Å². The predicted octanol–water partition coefficient (Wildman–Crippen LogP) is 5.10. The van der Waals surface area contributed by atoms with Crippen molar-refractivity contribution in [2.75, 3.05) is 13.2 Å². The predicted molar refractivity (Wildman–Crippen MR) is 140 cm³/mol. The Balaban J connectivity index is 1.37. The largest absolute Gasteiger partial charge is 0.462 e. The summed E-state index contributed by atoms with van der Waals surface area (Å²) in [6.45, 7) is 0.295. The molecule has 0 fully saturated rings. The molecule has 0 bridgehead atoms. The molecule has 0 saturated heterocycles. The van der Waals surface area contributed by atoms with Crippen LogP contribution in [0.2, 0.25) is 0 Å². The maximum absolute atomic E-state index is 11.9. The van der Waals surface area contributed by atoms with Crippen molar-refractivity contribution >= 4 is 35.5 Å². The number of ether oxygens (including phenoxy) is 2. The lowest BCUT2D eigenvalue weighted by molar-refractivity contribution is -0.385. The third-order valence-electron chi connectivity index (χ3n) is 5.32. The Labute approximate surface area is 218 Å². The zero-order chi connectivity index (χ0) is 27.3. The second kappa shape index (κ2) is 13.8. The van der Waals surface area contributed by atoms with Crippen LogP contribution in [-0.2, 0) is 31.9 Å². The number of non-ortho nitro benzene ring substituents is 2. The van der Waals surface area contributed by atoms with Crippen LogP contribution in [0.4, 0.5) is 11.4 Å². The zero-order valence-corrected chi connectivity index (χ0v) is 20.2. The van der Waals surface area contributed by atoms with Gasteiger partial charge in [-0.2, -0.15) is 0 Å². The van der Waals surface area contributed by atoms with E-state index in [1.54, 1.807) is 60.7 Å². The number of hydrogen-bond donors (Lipinski definition) is 0. The summed E-state index contributed by atoms with van der Waals surface area (Å²) in [4.78, 5) is 44.3. The van der Waals surface area contributed by atoms with Crippen LogP contribution < -0.4 is 0 Å². The first-order valence-corrected chi connectivity index (χ1v) is 11.6. The van der Waals surface area contributed by atoms with Crippen LogP contribution in [0.3, 0.4) is 0 Å². The van der Waals surface area contributed by atoms with Crippen molar-refractivity contribution in [3.8, 4) is 0 Å². The molecular weight excluding hydrogens is 492 g/mol. The second-order valence-corrected chi connectivity index (χ2v) is 8.02. The van der Waals surface area contributed by atoms with Crippen LogP contribution >= 0.6 is 0 Å². The van der Waals surface area contributed by atoms with Gasteiger partial charge in [0.1, 0.15) is 0 Å². The zero-order valence-electron chi connectivity index (χ0n) is 20.2. The van der Waals surface area contributed by atoms with Gasteiger partial charge in [-0.05, 0) is 34.4 Å². The fraction of sp³-hybridized carbons (Fsp3) is 0.143. The van der Waals surface area contributed by atoms with Gasteiger partial charge in [0.05, 0.1) is 23.1 Å². The van der Waals surface area contributed by atoms with Gasteiger partial charge in [-0.3, -0.25) is 20.2 Å². The minimum atomic E-state index is -0.507. The molecule has 10 heteroatoms. The summed E-state index contributed by atoms with van der Waals surface area (Å²) in [5.41, 5.74) is 3.19. The number of rotatable bonds is 12. The minimum absolute atomic E-state index is 0.00645. The average molecular weight is 517 g/mol. The summed E-state index contributed by atoms with van der Waals surface area (Å²) in [5, 5.41) is 21.3. The van der Waals surface area contributed by atoms with E-state index in [4.69, 9.17) is 9.47 Å². The number of nitro groups is 2. The Morgan fingerprint density at radius 3 is 1.26 bits per heavy atom. The van der Waals surface area contributed by atoms with E-state index >= 15 is 0 Å². The molecule has 10 nitrogen and oxygen atoms in total. The van der Waals surface area contributed by atoms with E-state index in [0.717, 1.165) is 22.3 Å². The molecule has 3 rings (SSSR count). The Bertz CT molecular complexity index is 1220. The standard InChI is InChI=1S/C28H24N2O8/c31-27(37-19-17-23-5-11-25(12-6-23)29(33)34)15-9-21-1-2-22(4-3-21)10-16-28(32)38-20-18-24-7-13-26(14-8-24)30(35)36/h1-16H,17-20H2/b15-9+,16-10+. The molecule has 0 aliphatic carbocycles. The summed E-state index contributed by atoms with van der Waals surface area (Å²) in [5.74, 6) is -1.01. The van der Waals surface area contributed by atoms with Crippen molar-refractivity contribution in [1.82, 2.24) is 0 Å². The number of nitro benzene ring substituents is 2. The van der Waals surface area contributed by atoms with Crippen molar-refractivity contribution in [2.45, 2.75) is 12.8 Å². The summed E-state index contributed by atoms with van der Waals surface area (Å²) in [6.07, 6.45) is 6.71. The Hall–Kier alpha value is -5.12. The Morgan fingerprint density at radius 1 is 0.605 bits per heavy atom. The smallest absolute Gasteiger partial charge is 0.330 e. The van der Waals surface area contributed by atoms with Gasteiger partial charge in [-0.1, -0.05) is 48.5 Å². The van der Waals surface area contributed by atoms with Crippen LogP contribution in [0.25, 0.3) is 12.2 Å². The molecule has 0 spiro atoms. The molecular formula is C28H24N2O8. The Morgan fingerprint density at radius 2 is 0.947 bits per heavy atom. The van der Waals surface area contributed by atoms with Crippen molar-refractivity contribution in [1.29, 1.82) is 0 Å². The third kappa shape index (κ3) is 9.15. The van der Waals surface area contributed by atoms with Gasteiger partial charge in [0.15, 0.2) is 0 Å². The van der Waals surface area contributed by atoms with Crippen molar-refractivity contribution in [2.24, 2.45) is 0 Å². The maximum Gasteiger partial charge on any atom is 0.330 e. The highest BCUT2D eigenvalue weighted by atomic mass is 16.6. The number of benzene rings is 3. The molecule has 3 aromatic carbocycles. The van der Waals surface area contributed by atoms with Gasteiger partial charge in [0, 0.05) is 49.3 Å². The van der Waals surface area contributed by atoms with Crippen LogP contribution in [-0.4, -0.2) is 35.0 Å². The molecule has 38 heavy (non-hydrogen) atoms. The fourth-order valence-corrected chi connectivity index (χ4v) is 3.25. The molecule has 0 heterocycles. The van der Waals surface area contributed by atoms with E-state index in [1.807, 2.05) is 0 Å². The lowest BCUT2D eigenvalue weighted by Gasteiger charge is -2.03. The molecule has 0 aromatic heterocycles. The highest BCUT2D eigenvalue weighted by Crippen LogP contribution is 2.14. The first-order chi connectivity index (χ1) is 18.3. The molecule has 0 aliphatic rings. The van der Waals surface area contributed by atoms with Crippen molar-refractivity contribution in [3.63, 3.8) is 0 Å². The van der Waals surface area contributed by atoms with E-state index in [9.17, 15) is 29.8 Å². The fourth-order valence-electron chi connectivity index (χ4n) is 3.25. The molecule has 194 valence electrons. The summed E-state index contributed by atoms with van der Waals surface area (Å²) in [6, 6.07) is 19.2. The van der Waals surface area contributed by atoms with Crippen molar-refractivity contribution in [3.05, 3.63) is 127 Å². The monoisotopic (exact) mass is 516 g/mol. The van der Waals surface area contributed by atoms with Gasteiger partial charge >= 0.3 is 11.9 Å². The van der Waals surface area contributed by atoms with E-state index in [-0.39, 0.29) is 24.6 Å². The van der Waals surface area contributed by atoms with Gasteiger partial charge in [0.2, 0.25) is 0 Å². The van der Waals surface area contributed by atoms with Gasteiger partial charge in [-0.25, -0.2) is 9.59 Å². The summed E-state index contributed by atoms with van der Waals surface area (Å²) >= 11 is 0. The minimum Gasteiger partial charge on any atom is -0.462 e. The molecule has 0 amide bonds. The first kappa shape index (κ1) is 27.5. The number of esters is 2. The topological polar surface area (TPSA) is 139 Å². The van der Waals surface area contributed by atoms with Crippen LogP contribution in [0.1, 0.15) is 22.3 Å². The Kier molecular flexibility index (Phi) is 10.00. The molecule has 0 unspecified atom stereocenters. The maximum atomic E-state index is 11.9. The highest BCUT2D eigenvalue weighted by molar-refractivity contribution is 5.88. The van der Waals surface area contributed by atoms with Crippen molar-refractivity contribution < 1.29 is 28.9 Å². The van der Waals surface area contributed by atoms with E-state index in [0.29, 0.717) is 12.8 Å². The van der Waals surface area contributed by atoms with Crippen LogP contribution in [0.5, 0.6) is 0 Å². The molecule has 0 N–H and O–H groups in total. The number of carbonyl (C=O) groups excluding carboxylic acids is 2. The highest BCUT2D eigenvalue weighted by Gasteiger charge is 2.06. The van der Waals surface area contributed by atoms with Gasteiger partial charge in [0.25, 0.3) is 11.4 Å². The summed E-state index contributed by atoms with van der Waals surface area (Å²) < 4.78 is 10.3. The first-order valence-electron chi connectivity index (χ1n) is 11.6. The van der Waals surface area contributed by atoms with E-state index < -0.39 is 21.8 Å². The van der Waals surface area contributed by atoms with E-state index in [1.165, 1.54) is 36.4 Å². The third-order valence-corrected chi connectivity index (χ3v) is 5.32. The average Bonchev–Trinajstić information content (AvgIpc) is 2.92. The number of carbonyl (C=O) groups is 2. The molecule has 0 radical (unpaired) electrons. The lowest BCUT2D eigenvalue weighted by Crippen LogP contribution is -2.04. The molecule has 3 aromatic rings. The molecule has 0 aliphatic heterocycles. The quantitative estimate of drug-likeness (QED) is 0.140. The molecule has 0 atom stereocenters. The normalized spacial score (nSPS) is 10.9. The SMILES string of the molecule is O=C(/C=C/c1ccc(/C=C/C(=O)OCCc2ccc([N+](=O)[O-])cc2)cc1)OCCc1ccc([N+](=O)[O-])cc1. The molecule has 0 saturated carbocycles. The second-order valence-electron chi connectivity index (χ2n) is 8.02.